The molecule has 2 aromatic carbocycles. The molecule has 1 unspecified atom stereocenters. The van der Waals surface area contributed by atoms with Crippen LogP contribution in [0.15, 0.2) is 48.5 Å². The molecular formula is C27H35NO. The molecule has 0 aromatic heterocycles. The van der Waals surface area contributed by atoms with Gasteiger partial charge in [0, 0.05) is 5.92 Å². The third-order valence-corrected chi connectivity index (χ3v) is 6.44. The van der Waals surface area contributed by atoms with E-state index in [0.29, 0.717) is 11.8 Å². The minimum Gasteiger partial charge on any atom is -0.494 e. The Balaban J connectivity index is 1.56. The summed E-state index contributed by atoms with van der Waals surface area (Å²) >= 11 is 0. The molecule has 3 rings (SSSR count). The molecule has 2 nitrogen and oxygen atoms in total. The third-order valence-electron chi connectivity index (χ3n) is 6.44. The topological polar surface area (TPSA) is 33.0 Å². The zero-order valence-corrected chi connectivity index (χ0v) is 18.1. The van der Waals surface area contributed by atoms with Crippen molar-refractivity contribution in [3.63, 3.8) is 0 Å². The van der Waals surface area contributed by atoms with Crippen molar-refractivity contribution in [2.45, 2.75) is 71.1 Å². The third kappa shape index (κ3) is 5.86. The van der Waals surface area contributed by atoms with Crippen LogP contribution in [0.1, 0.15) is 76.7 Å². The summed E-state index contributed by atoms with van der Waals surface area (Å²) in [7, 11) is 0. The predicted molar refractivity (Wildman–Crippen MR) is 121 cm³/mol. The fourth-order valence-electron chi connectivity index (χ4n) is 4.60. The molecule has 0 radical (unpaired) electrons. The first-order chi connectivity index (χ1) is 14.2. The lowest BCUT2D eigenvalue weighted by atomic mass is 9.73. The van der Waals surface area contributed by atoms with Gasteiger partial charge in [-0.2, -0.15) is 5.26 Å². The largest absolute Gasteiger partial charge is 0.494 e. The summed E-state index contributed by atoms with van der Waals surface area (Å²) in [5.41, 5.74) is 3.95. The summed E-state index contributed by atoms with van der Waals surface area (Å²) in [4.78, 5) is 0. The lowest BCUT2D eigenvalue weighted by Gasteiger charge is -2.31. The van der Waals surface area contributed by atoms with Gasteiger partial charge in [0.15, 0.2) is 0 Å². The number of benzene rings is 2. The number of hydrogen-bond donors (Lipinski definition) is 0. The van der Waals surface area contributed by atoms with Crippen molar-refractivity contribution in [1.29, 1.82) is 5.26 Å². The molecular weight excluding hydrogens is 354 g/mol. The van der Waals surface area contributed by atoms with Crippen molar-refractivity contribution >= 4 is 0 Å². The fourth-order valence-corrected chi connectivity index (χ4v) is 4.60. The van der Waals surface area contributed by atoms with E-state index < -0.39 is 0 Å². The zero-order valence-electron chi connectivity index (χ0n) is 18.1. The van der Waals surface area contributed by atoms with Gasteiger partial charge >= 0.3 is 0 Å². The number of ether oxygens (including phenoxy) is 1. The van der Waals surface area contributed by atoms with Gasteiger partial charge < -0.3 is 4.74 Å². The smallest absolute Gasteiger partial charge is 0.119 e. The summed E-state index contributed by atoms with van der Waals surface area (Å²) in [6.45, 7) is 5.15. The Hall–Kier alpha value is -2.27. The maximum absolute atomic E-state index is 9.44. The predicted octanol–water partition coefficient (Wildman–Crippen LogP) is 7.75. The second kappa shape index (κ2) is 11.1. The van der Waals surface area contributed by atoms with Gasteiger partial charge in [-0.3, -0.25) is 0 Å². The molecule has 0 saturated heterocycles. The molecule has 0 amide bonds. The molecule has 0 bridgehead atoms. The van der Waals surface area contributed by atoms with E-state index in [-0.39, 0.29) is 5.92 Å². The van der Waals surface area contributed by atoms with Gasteiger partial charge in [0.25, 0.3) is 0 Å². The molecule has 0 spiro atoms. The molecule has 0 N–H and O–H groups in total. The molecule has 1 aliphatic carbocycles. The van der Waals surface area contributed by atoms with Crippen LogP contribution in [0.4, 0.5) is 0 Å². The van der Waals surface area contributed by atoms with E-state index in [9.17, 15) is 5.26 Å². The van der Waals surface area contributed by atoms with Gasteiger partial charge in [-0.05, 0) is 79.2 Å². The van der Waals surface area contributed by atoms with Crippen LogP contribution in [0, 0.1) is 23.2 Å². The Labute approximate surface area is 176 Å². The van der Waals surface area contributed by atoms with E-state index >= 15 is 0 Å². The van der Waals surface area contributed by atoms with Gasteiger partial charge in [0.1, 0.15) is 5.75 Å². The van der Waals surface area contributed by atoms with E-state index in [0.717, 1.165) is 38.0 Å². The van der Waals surface area contributed by atoms with Crippen LogP contribution in [0.25, 0.3) is 11.1 Å². The van der Waals surface area contributed by atoms with E-state index in [1.807, 2.05) is 0 Å². The van der Waals surface area contributed by atoms with Gasteiger partial charge in [-0.25, -0.2) is 0 Å². The Morgan fingerprint density at radius 2 is 1.52 bits per heavy atom. The number of nitrogens with zero attached hydrogens (tertiary/aromatic N) is 1. The van der Waals surface area contributed by atoms with Gasteiger partial charge in [-0.15, -0.1) is 0 Å². The number of rotatable bonds is 9. The van der Waals surface area contributed by atoms with E-state index in [1.165, 1.54) is 42.4 Å². The highest BCUT2D eigenvalue weighted by Gasteiger charge is 2.27. The Morgan fingerprint density at radius 1 is 0.897 bits per heavy atom. The van der Waals surface area contributed by atoms with Crippen molar-refractivity contribution in [1.82, 2.24) is 0 Å². The Kier molecular flexibility index (Phi) is 8.17. The van der Waals surface area contributed by atoms with Crippen LogP contribution >= 0.6 is 0 Å². The van der Waals surface area contributed by atoms with Crippen molar-refractivity contribution < 1.29 is 4.74 Å². The molecule has 1 atom stereocenters. The van der Waals surface area contributed by atoms with Crippen molar-refractivity contribution in [2.75, 3.05) is 6.61 Å². The second-order valence-electron chi connectivity index (χ2n) is 8.48. The highest BCUT2D eigenvalue weighted by molar-refractivity contribution is 5.64. The average Bonchev–Trinajstić information content (AvgIpc) is 2.78. The minimum absolute atomic E-state index is 0.261. The average molecular weight is 390 g/mol. The Bertz CT molecular complexity index is 764. The van der Waals surface area contributed by atoms with E-state index in [2.05, 4.69) is 68.4 Å². The highest BCUT2D eigenvalue weighted by Crippen LogP contribution is 2.40. The highest BCUT2D eigenvalue weighted by atomic mass is 16.5. The second-order valence-corrected chi connectivity index (χ2v) is 8.48. The summed E-state index contributed by atoms with van der Waals surface area (Å²) in [6.07, 6.45) is 9.26. The summed E-state index contributed by atoms with van der Waals surface area (Å²) in [5.74, 6) is 2.47. The molecule has 1 saturated carbocycles. The quantitative estimate of drug-likeness (QED) is 0.411. The first kappa shape index (κ1) is 21.4. The lowest BCUT2D eigenvalue weighted by Crippen LogP contribution is -2.20. The first-order valence-corrected chi connectivity index (χ1v) is 11.5. The maximum atomic E-state index is 9.44. The van der Waals surface area contributed by atoms with Crippen molar-refractivity contribution in [3.05, 3.63) is 54.1 Å². The van der Waals surface area contributed by atoms with E-state index in [1.54, 1.807) is 0 Å². The molecule has 29 heavy (non-hydrogen) atoms. The van der Waals surface area contributed by atoms with Crippen LogP contribution in [0.5, 0.6) is 5.75 Å². The molecule has 2 aromatic rings. The summed E-state index contributed by atoms with van der Waals surface area (Å²) in [6, 6.07) is 20.1. The van der Waals surface area contributed by atoms with Crippen molar-refractivity contribution in [3.8, 4) is 22.9 Å². The standard InChI is InChI=1S/C27H35NO/c1-3-5-19-29-27-17-15-24(16-18-27)23-9-7-21(8-10-23)22-11-13-25(14-12-22)26(20-28)6-4-2/h7-10,15-18,22,25-26H,3-6,11-14,19H2,1-2H3/t22-,25-,26?. The van der Waals surface area contributed by atoms with Crippen LogP contribution in [0.3, 0.4) is 0 Å². The fraction of sp³-hybridized carbons (Fsp3) is 0.519. The monoisotopic (exact) mass is 389 g/mol. The maximum Gasteiger partial charge on any atom is 0.119 e. The number of unbranched alkanes of at least 4 members (excludes halogenated alkanes) is 1. The molecule has 154 valence electrons. The SMILES string of the molecule is CCCCOc1ccc(-c2ccc([C@H]3CC[C@H](C(C#N)CCC)CC3)cc2)cc1. The summed E-state index contributed by atoms with van der Waals surface area (Å²) < 4.78 is 5.76. The molecule has 0 aliphatic heterocycles. The summed E-state index contributed by atoms with van der Waals surface area (Å²) in [5, 5.41) is 9.44. The molecule has 0 heterocycles. The van der Waals surface area contributed by atoms with Gasteiger partial charge in [-0.1, -0.05) is 63.1 Å². The van der Waals surface area contributed by atoms with Crippen LogP contribution in [-0.4, -0.2) is 6.61 Å². The molecule has 2 heteroatoms. The Morgan fingerprint density at radius 3 is 2.07 bits per heavy atom. The van der Waals surface area contributed by atoms with E-state index in [4.69, 9.17) is 4.74 Å². The van der Waals surface area contributed by atoms with Crippen LogP contribution in [-0.2, 0) is 0 Å². The van der Waals surface area contributed by atoms with Gasteiger partial charge in [0.05, 0.1) is 12.7 Å². The molecule has 1 aliphatic rings. The number of nitriles is 1. The van der Waals surface area contributed by atoms with Gasteiger partial charge in [0.2, 0.25) is 0 Å². The van der Waals surface area contributed by atoms with Crippen LogP contribution in [0.2, 0.25) is 0 Å². The van der Waals surface area contributed by atoms with Crippen molar-refractivity contribution in [2.24, 2.45) is 11.8 Å². The first-order valence-electron chi connectivity index (χ1n) is 11.5. The number of hydrogen-bond acceptors (Lipinski definition) is 2. The molecule has 1 fully saturated rings. The zero-order chi connectivity index (χ0) is 20.5. The minimum atomic E-state index is 0.261. The lowest BCUT2D eigenvalue weighted by molar-refractivity contribution is 0.259. The van der Waals surface area contributed by atoms with Crippen LogP contribution < -0.4 is 4.74 Å². The normalized spacial score (nSPS) is 20.0.